The van der Waals surface area contributed by atoms with Gasteiger partial charge in [0, 0.05) is 0 Å². The van der Waals surface area contributed by atoms with Crippen LogP contribution < -0.4 is 5.32 Å². The topological polar surface area (TPSA) is 98.8 Å². The lowest BCUT2D eigenvalue weighted by Crippen LogP contribution is -2.46. The Morgan fingerprint density at radius 3 is 2.52 bits per heavy atom. The zero-order valence-corrected chi connectivity index (χ0v) is 13.5. The lowest BCUT2D eigenvalue weighted by molar-refractivity contribution is -0.142. The van der Waals surface area contributed by atoms with E-state index in [-0.39, 0.29) is 12.4 Å². The highest BCUT2D eigenvalue weighted by Gasteiger charge is 2.27. The van der Waals surface area contributed by atoms with E-state index in [0.29, 0.717) is 0 Å². The van der Waals surface area contributed by atoms with Crippen LogP contribution in [0.2, 0.25) is 0 Å². The Morgan fingerprint density at radius 2 is 1.96 bits per heavy atom. The second-order valence-electron chi connectivity index (χ2n) is 4.65. The minimum absolute atomic E-state index is 0.0000261. The highest BCUT2D eigenvalue weighted by Crippen LogP contribution is 2.02. The molecule has 23 heavy (non-hydrogen) atoms. The molecule has 1 aromatic rings. The Bertz CT molecular complexity index is 641. The van der Waals surface area contributed by atoms with Gasteiger partial charge in [-0.15, -0.1) is 6.58 Å². The van der Waals surface area contributed by atoms with Crippen LogP contribution in [0.25, 0.3) is 0 Å². The van der Waals surface area contributed by atoms with Crippen molar-refractivity contribution in [3.05, 3.63) is 48.6 Å². The van der Waals surface area contributed by atoms with Crippen LogP contribution >= 0.6 is 0 Å². The molecule has 1 atom stereocenters. The zero-order chi connectivity index (χ0) is 17.3. The molecule has 1 aromatic carbocycles. The van der Waals surface area contributed by atoms with Gasteiger partial charge >= 0.3 is 12.1 Å². The molecule has 0 bridgehead atoms. The molecule has 0 aliphatic rings. The van der Waals surface area contributed by atoms with Gasteiger partial charge in [-0.1, -0.05) is 36.4 Å². The highest BCUT2D eigenvalue weighted by atomic mass is 32.2. The van der Waals surface area contributed by atoms with Crippen LogP contribution in [-0.4, -0.2) is 45.1 Å². The number of esters is 1. The van der Waals surface area contributed by atoms with Gasteiger partial charge in [0.1, 0.15) is 12.6 Å². The lowest BCUT2D eigenvalue weighted by atomic mass is 10.2. The fourth-order valence-corrected chi connectivity index (χ4v) is 2.94. The molecule has 0 aliphatic carbocycles. The van der Waals surface area contributed by atoms with Crippen LogP contribution in [0.15, 0.2) is 43.0 Å². The maximum absolute atomic E-state index is 11.8. The third-order valence-electron chi connectivity index (χ3n) is 2.78. The van der Waals surface area contributed by atoms with Gasteiger partial charge in [-0.05, 0) is 5.56 Å². The van der Waals surface area contributed by atoms with Crippen molar-refractivity contribution in [3.8, 4) is 0 Å². The van der Waals surface area contributed by atoms with Gasteiger partial charge < -0.3 is 14.8 Å². The van der Waals surface area contributed by atoms with E-state index in [9.17, 15) is 18.0 Å². The molecule has 1 rings (SSSR count). The molecule has 8 heteroatoms. The van der Waals surface area contributed by atoms with Crippen LogP contribution in [0.3, 0.4) is 0 Å². The van der Waals surface area contributed by atoms with Gasteiger partial charge in [0.25, 0.3) is 0 Å². The number of rotatable bonds is 8. The number of ether oxygens (including phenoxy) is 2. The van der Waals surface area contributed by atoms with Crippen molar-refractivity contribution >= 4 is 21.9 Å². The smallest absolute Gasteiger partial charge is 0.408 e. The van der Waals surface area contributed by atoms with Crippen LogP contribution in [-0.2, 0) is 30.7 Å². The Kier molecular flexibility index (Phi) is 7.27. The standard InChI is InChI=1S/C15H19NO6S/c1-3-9-23(19,20)11-13(14(17)21-2)16-15(18)22-10-12-7-5-4-6-8-12/h3-8,13H,1,9-11H2,2H3,(H,16,18)/t13-/m0/s1. The number of benzene rings is 1. The normalized spacial score (nSPS) is 12.0. The summed E-state index contributed by atoms with van der Waals surface area (Å²) >= 11 is 0. The van der Waals surface area contributed by atoms with Gasteiger partial charge in [0.15, 0.2) is 9.84 Å². The van der Waals surface area contributed by atoms with Crippen molar-refractivity contribution < 1.29 is 27.5 Å². The molecule has 0 fully saturated rings. The van der Waals surface area contributed by atoms with E-state index in [1.165, 1.54) is 6.08 Å². The van der Waals surface area contributed by atoms with Crippen LogP contribution in [0, 0.1) is 0 Å². The van der Waals surface area contributed by atoms with E-state index in [2.05, 4.69) is 16.6 Å². The van der Waals surface area contributed by atoms with Gasteiger partial charge in [-0.3, -0.25) is 0 Å². The summed E-state index contributed by atoms with van der Waals surface area (Å²) < 4.78 is 33.0. The predicted molar refractivity (Wildman–Crippen MR) is 84.4 cm³/mol. The third-order valence-corrected chi connectivity index (χ3v) is 4.37. The summed E-state index contributed by atoms with van der Waals surface area (Å²) in [5, 5.41) is 2.20. The first-order chi connectivity index (χ1) is 10.9. The Morgan fingerprint density at radius 1 is 1.30 bits per heavy atom. The third kappa shape index (κ3) is 6.96. The van der Waals surface area contributed by atoms with Crippen molar-refractivity contribution in [2.24, 2.45) is 0 Å². The molecular formula is C15H19NO6S. The van der Waals surface area contributed by atoms with Gasteiger partial charge in [0.05, 0.1) is 18.6 Å². The number of hydrogen-bond donors (Lipinski definition) is 1. The zero-order valence-electron chi connectivity index (χ0n) is 12.7. The molecule has 7 nitrogen and oxygen atoms in total. The maximum Gasteiger partial charge on any atom is 0.408 e. The van der Waals surface area contributed by atoms with Crippen LogP contribution in [0.1, 0.15) is 5.56 Å². The molecule has 0 unspecified atom stereocenters. The summed E-state index contributed by atoms with van der Waals surface area (Å²) in [4.78, 5) is 23.4. The fraction of sp³-hybridized carbons (Fsp3) is 0.333. The molecule has 0 heterocycles. The lowest BCUT2D eigenvalue weighted by Gasteiger charge is -2.16. The molecule has 0 spiro atoms. The average Bonchev–Trinajstić information content (AvgIpc) is 2.52. The van der Waals surface area contributed by atoms with E-state index in [4.69, 9.17) is 4.74 Å². The van der Waals surface area contributed by atoms with Crippen LogP contribution in [0.5, 0.6) is 0 Å². The Hall–Kier alpha value is -2.35. The van der Waals surface area contributed by atoms with Crippen molar-refractivity contribution in [3.63, 3.8) is 0 Å². The monoisotopic (exact) mass is 341 g/mol. The first kappa shape index (κ1) is 18.7. The molecule has 1 amide bonds. The number of sulfone groups is 1. The molecule has 126 valence electrons. The van der Waals surface area contributed by atoms with Crippen LogP contribution in [0.4, 0.5) is 4.79 Å². The van der Waals surface area contributed by atoms with E-state index in [0.717, 1.165) is 12.7 Å². The summed E-state index contributed by atoms with van der Waals surface area (Å²) in [6, 6.07) is 7.58. The number of carbonyl (C=O) groups excluding carboxylic acids is 2. The number of carbonyl (C=O) groups is 2. The number of methoxy groups -OCH3 is 1. The van der Waals surface area contributed by atoms with Crippen molar-refractivity contribution in [2.75, 3.05) is 18.6 Å². The fourth-order valence-electron chi connectivity index (χ4n) is 1.72. The second-order valence-corrected chi connectivity index (χ2v) is 6.80. The van der Waals surface area contributed by atoms with Gasteiger partial charge in [-0.2, -0.15) is 0 Å². The van der Waals surface area contributed by atoms with Crippen molar-refractivity contribution in [1.29, 1.82) is 0 Å². The number of hydrogen-bond acceptors (Lipinski definition) is 6. The first-order valence-electron chi connectivity index (χ1n) is 6.74. The minimum atomic E-state index is -3.59. The molecule has 0 saturated heterocycles. The minimum Gasteiger partial charge on any atom is -0.467 e. The maximum atomic E-state index is 11.8. The van der Waals surface area contributed by atoms with Crippen molar-refractivity contribution in [2.45, 2.75) is 12.6 Å². The molecular weight excluding hydrogens is 322 g/mol. The molecule has 0 radical (unpaired) electrons. The number of amides is 1. The predicted octanol–water partition coefficient (Wildman–Crippen LogP) is 1.06. The van der Waals surface area contributed by atoms with Gasteiger partial charge in [0.2, 0.25) is 0 Å². The van der Waals surface area contributed by atoms with E-state index < -0.39 is 33.7 Å². The Labute approximate surface area is 135 Å². The summed E-state index contributed by atoms with van der Waals surface area (Å²) in [6.45, 7) is 3.33. The molecule has 0 aromatic heterocycles. The highest BCUT2D eigenvalue weighted by molar-refractivity contribution is 7.91. The second kappa shape index (κ2) is 8.94. The largest absolute Gasteiger partial charge is 0.467 e. The SMILES string of the molecule is C=CCS(=O)(=O)C[C@H](NC(=O)OCc1ccccc1)C(=O)OC. The summed E-state index contributed by atoms with van der Waals surface area (Å²) in [6.07, 6.45) is 0.301. The number of nitrogens with one attached hydrogen (secondary N) is 1. The Balaban J connectivity index is 2.64. The average molecular weight is 341 g/mol. The summed E-state index contributed by atoms with van der Waals surface area (Å²) in [5.41, 5.74) is 0.761. The van der Waals surface area contributed by atoms with E-state index in [1.54, 1.807) is 24.3 Å². The molecule has 0 aliphatic heterocycles. The quantitative estimate of drug-likeness (QED) is 0.561. The summed E-state index contributed by atoms with van der Waals surface area (Å²) in [5.74, 6) is -1.76. The summed E-state index contributed by atoms with van der Waals surface area (Å²) in [7, 11) is -2.48. The molecule has 0 saturated carbocycles. The first-order valence-corrected chi connectivity index (χ1v) is 8.56. The molecule has 1 N–H and O–H groups in total. The van der Waals surface area contributed by atoms with Gasteiger partial charge in [-0.25, -0.2) is 18.0 Å². The van der Waals surface area contributed by atoms with E-state index >= 15 is 0 Å². The number of alkyl carbamates (subject to hydrolysis) is 1. The van der Waals surface area contributed by atoms with Crippen molar-refractivity contribution in [1.82, 2.24) is 5.32 Å². The van der Waals surface area contributed by atoms with E-state index in [1.807, 2.05) is 6.07 Å².